The van der Waals surface area contributed by atoms with Crippen molar-refractivity contribution in [3.05, 3.63) is 81.3 Å². The highest BCUT2D eigenvalue weighted by Gasteiger charge is 2.24. The maximum Gasteiger partial charge on any atom is 0.261 e. The van der Waals surface area contributed by atoms with Gasteiger partial charge in [0.1, 0.15) is 5.82 Å². The van der Waals surface area contributed by atoms with Crippen molar-refractivity contribution in [2.45, 2.75) is 11.4 Å². The van der Waals surface area contributed by atoms with E-state index in [-0.39, 0.29) is 21.5 Å². The lowest BCUT2D eigenvalue weighted by molar-refractivity contribution is 0.0628. The van der Waals surface area contributed by atoms with Gasteiger partial charge < -0.3 is 4.90 Å². The van der Waals surface area contributed by atoms with Crippen LogP contribution < -0.4 is 4.72 Å². The largest absolute Gasteiger partial charge is 0.336 e. The number of nitrogens with zero attached hydrogens (tertiary/aromatic N) is 2. The van der Waals surface area contributed by atoms with Crippen molar-refractivity contribution >= 4 is 44.6 Å². The second-order valence-corrected chi connectivity index (χ2v) is 10.3. The highest BCUT2D eigenvalue weighted by atomic mass is 35.5. The van der Waals surface area contributed by atoms with Crippen LogP contribution in [-0.4, -0.2) is 50.3 Å². The molecular formula is C22H21ClFN3O3S2. The fourth-order valence-corrected chi connectivity index (χ4v) is 5.44. The molecule has 168 valence electrons. The maximum atomic E-state index is 13.1. The Morgan fingerprint density at radius 2 is 1.78 bits per heavy atom. The molecule has 3 aromatic rings. The van der Waals surface area contributed by atoms with Gasteiger partial charge in [-0.2, -0.15) is 11.3 Å². The summed E-state index contributed by atoms with van der Waals surface area (Å²) in [5, 5.41) is 4.34. The van der Waals surface area contributed by atoms with Crippen molar-refractivity contribution in [3.63, 3.8) is 0 Å². The van der Waals surface area contributed by atoms with Crippen LogP contribution in [0.25, 0.3) is 0 Å². The van der Waals surface area contributed by atoms with E-state index in [0.29, 0.717) is 18.7 Å². The Morgan fingerprint density at radius 3 is 2.44 bits per heavy atom. The van der Waals surface area contributed by atoms with Crippen molar-refractivity contribution in [1.82, 2.24) is 9.80 Å². The molecule has 2 aromatic carbocycles. The molecule has 1 saturated heterocycles. The van der Waals surface area contributed by atoms with Crippen LogP contribution in [0.1, 0.15) is 15.9 Å². The summed E-state index contributed by atoms with van der Waals surface area (Å²) in [4.78, 5) is 17.0. The SMILES string of the molecule is O=C(c1ccc(Cl)c(NS(=O)(=O)c2ccc(F)cc2)c1)N1CCN(Cc2ccsc2)CC1. The number of carbonyl (C=O) groups excluding carboxylic acids is 1. The topological polar surface area (TPSA) is 69.7 Å². The van der Waals surface area contributed by atoms with Crippen molar-refractivity contribution < 1.29 is 17.6 Å². The maximum absolute atomic E-state index is 13.1. The summed E-state index contributed by atoms with van der Waals surface area (Å²) in [6, 6.07) is 11.1. The van der Waals surface area contributed by atoms with E-state index >= 15 is 0 Å². The highest BCUT2D eigenvalue weighted by molar-refractivity contribution is 7.92. The van der Waals surface area contributed by atoms with E-state index in [9.17, 15) is 17.6 Å². The van der Waals surface area contributed by atoms with Gasteiger partial charge in [0.15, 0.2) is 0 Å². The fraction of sp³-hybridized carbons (Fsp3) is 0.227. The molecular weight excluding hydrogens is 473 g/mol. The number of hydrogen-bond donors (Lipinski definition) is 1. The fourth-order valence-electron chi connectivity index (χ4n) is 3.49. The molecule has 0 unspecified atom stereocenters. The minimum atomic E-state index is -3.98. The van der Waals surface area contributed by atoms with E-state index in [4.69, 9.17) is 11.6 Å². The summed E-state index contributed by atoms with van der Waals surface area (Å²) in [5.74, 6) is -0.718. The Hall–Kier alpha value is -2.46. The summed E-state index contributed by atoms with van der Waals surface area (Å²) in [7, 11) is -3.98. The van der Waals surface area contributed by atoms with Crippen LogP contribution in [0.4, 0.5) is 10.1 Å². The summed E-state index contributed by atoms with van der Waals surface area (Å²) in [6.07, 6.45) is 0. The van der Waals surface area contributed by atoms with E-state index in [1.165, 1.54) is 17.7 Å². The molecule has 0 saturated carbocycles. The lowest BCUT2D eigenvalue weighted by Crippen LogP contribution is -2.48. The van der Waals surface area contributed by atoms with Crippen molar-refractivity contribution in [2.75, 3.05) is 30.9 Å². The zero-order valence-electron chi connectivity index (χ0n) is 17.0. The zero-order valence-corrected chi connectivity index (χ0v) is 19.4. The Balaban J connectivity index is 1.44. The molecule has 1 N–H and O–H groups in total. The molecule has 10 heteroatoms. The molecule has 1 aliphatic rings. The second-order valence-electron chi connectivity index (χ2n) is 7.45. The first-order valence-corrected chi connectivity index (χ1v) is 12.7. The molecule has 1 aliphatic heterocycles. The van der Waals surface area contributed by atoms with Gasteiger partial charge >= 0.3 is 0 Å². The minimum absolute atomic E-state index is 0.0953. The van der Waals surface area contributed by atoms with Gasteiger partial charge in [0, 0.05) is 38.3 Å². The van der Waals surface area contributed by atoms with Gasteiger partial charge in [0.2, 0.25) is 0 Å². The van der Waals surface area contributed by atoms with Crippen LogP contribution in [0, 0.1) is 5.82 Å². The summed E-state index contributed by atoms with van der Waals surface area (Å²) in [5.41, 5.74) is 1.71. The smallest absolute Gasteiger partial charge is 0.261 e. The molecule has 4 rings (SSSR count). The van der Waals surface area contributed by atoms with Gasteiger partial charge in [0.25, 0.3) is 15.9 Å². The number of sulfonamides is 1. The third-order valence-electron chi connectivity index (χ3n) is 5.23. The number of benzene rings is 2. The lowest BCUT2D eigenvalue weighted by atomic mass is 10.1. The number of nitrogens with one attached hydrogen (secondary N) is 1. The number of carbonyl (C=O) groups is 1. The Bertz CT molecular complexity index is 1190. The third-order valence-corrected chi connectivity index (χ3v) is 7.67. The highest BCUT2D eigenvalue weighted by Crippen LogP contribution is 2.27. The standard InChI is InChI=1S/C22H21ClFN3O3S2/c23-20-6-1-17(13-21(20)25-32(29,30)19-4-2-18(24)3-5-19)22(28)27-10-8-26(9-11-27)14-16-7-12-31-15-16/h1-7,12-13,15,25H,8-11,14H2. The average molecular weight is 494 g/mol. The third kappa shape index (κ3) is 5.29. The Labute approximate surface area is 195 Å². The summed E-state index contributed by atoms with van der Waals surface area (Å²) in [6.45, 7) is 3.56. The van der Waals surface area contributed by atoms with Gasteiger partial charge in [-0.25, -0.2) is 12.8 Å². The predicted octanol–water partition coefficient (Wildman–Crippen LogP) is 4.30. The van der Waals surface area contributed by atoms with E-state index in [1.807, 2.05) is 0 Å². The van der Waals surface area contributed by atoms with Crippen molar-refractivity contribution in [3.8, 4) is 0 Å². The molecule has 0 bridgehead atoms. The lowest BCUT2D eigenvalue weighted by Gasteiger charge is -2.34. The van der Waals surface area contributed by atoms with E-state index in [0.717, 1.165) is 43.9 Å². The molecule has 0 aliphatic carbocycles. The van der Waals surface area contributed by atoms with Crippen LogP contribution >= 0.6 is 22.9 Å². The molecule has 0 atom stereocenters. The Kier molecular flexibility index (Phi) is 6.80. The molecule has 0 spiro atoms. The minimum Gasteiger partial charge on any atom is -0.336 e. The summed E-state index contributed by atoms with van der Waals surface area (Å²) >= 11 is 7.84. The number of amides is 1. The van der Waals surface area contributed by atoms with Gasteiger partial charge in [-0.1, -0.05) is 11.6 Å². The van der Waals surface area contributed by atoms with Gasteiger partial charge in [-0.15, -0.1) is 0 Å². The number of rotatable bonds is 6. The normalized spacial score (nSPS) is 15.0. The number of halogens is 2. The quantitative estimate of drug-likeness (QED) is 0.556. The van der Waals surface area contributed by atoms with Gasteiger partial charge in [-0.05, 0) is 64.9 Å². The number of hydrogen-bond acceptors (Lipinski definition) is 5. The Morgan fingerprint density at radius 1 is 1.06 bits per heavy atom. The number of anilines is 1. The van der Waals surface area contributed by atoms with Gasteiger partial charge in [0.05, 0.1) is 15.6 Å². The number of thiophene rings is 1. The van der Waals surface area contributed by atoms with Crippen molar-refractivity contribution in [1.29, 1.82) is 0 Å². The molecule has 1 fully saturated rings. The van der Waals surface area contributed by atoms with Crippen LogP contribution in [0.5, 0.6) is 0 Å². The molecule has 6 nitrogen and oxygen atoms in total. The van der Waals surface area contributed by atoms with Gasteiger partial charge in [-0.3, -0.25) is 14.4 Å². The first kappa shape index (κ1) is 22.7. The number of piperazine rings is 1. The molecule has 32 heavy (non-hydrogen) atoms. The van der Waals surface area contributed by atoms with Crippen LogP contribution in [0.15, 0.2) is 64.2 Å². The zero-order chi connectivity index (χ0) is 22.7. The van der Waals surface area contributed by atoms with Crippen LogP contribution in [0.2, 0.25) is 5.02 Å². The summed E-state index contributed by atoms with van der Waals surface area (Å²) < 4.78 is 40.8. The molecule has 2 heterocycles. The molecule has 1 aromatic heterocycles. The first-order chi connectivity index (χ1) is 15.3. The van der Waals surface area contributed by atoms with E-state index in [1.54, 1.807) is 22.3 Å². The monoisotopic (exact) mass is 493 g/mol. The van der Waals surface area contributed by atoms with Crippen LogP contribution in [0.3, 0.4) is 0 Å². The molecule has 1 amide bonds. The van der Waals surface area contributed by atoms with E-state index in [2.05, 4.69) is 26.4 Å². The predicted molar refractivity (Wildman–Crippen MR) is 124 cm³/mol. The average Bonchev–Trinajstić information content (AvgIpc) is 3.28. The first-order valence-electron chi connectivity index (χ1n) is 9.92. The van der Waals surface area contributed by atoms with Crippen molar-refractivity contribution in [2.24, 2.45) is 0 Å². The molecule has 0 radical (unpaired) electrons. The van der Waals surface area contributed by atoms with E-state index < -0.39 is 15.8 Å². The second kappa shape index (κ2) is 9.58. The van der Waals surface area contributed by atoms with Crippen LogP contribution in [-0.2, 0) is 16.6 Å².